The first-order valence-corrected chi connectivity index (χ1v) is 6.22. The van der Waals surface area contributed by atoms with Crippen molar-refractivity contribution in [3.8, 4) is 0 Å². The van der Waals surface area contributed by atoms with Crippen molar-refractivity contribution in [1.29, 1.82) is 0 Å². The third kappa shape index (κ3) is 7.37. The highest BCUT2D eigenvalue weighted by atomic mass is 14.8. The first kappa shape index (κ1) is 14.0. The van der Waals surface area contributed by atoms with E-state index in [1.165, 1.54) is 32.2 Å². The molecule has 0 aliphatic heterocycles. The van der Waals surface area contributed by atoms with Crippen molar-refractivity contribution >= 4 is 0 Å². The summed E-state index contributed by atoms with van der Waals surface area (Å²) in [6, 6.07) is 0. The third-order valence-corrected chi connectivity index (χ3v) is 3.24. The predicted molar refractivity (Wildman–Crippen MR) is 65.6 cm³/mol. The van der Waals surface area contributed by atoms with Crippen molar-refractivity contribution in [1.82, 2.24) is 5.32 Å². The fourth-order valence-electron chi connectivity index (χ4n) is 1.57. The molecule has 0 heterocycles. The molecule has 0 bridgehead atoms. The lowest BCUT2D eigenvalue weighted by Crippen LogP contribution is -2.22. The molecule has 1 atom stereocenters. The maximum Gasteiger partial charge on any atom is -0.00439 e. The second-order valence-electron chi connectivity index (χ2n) is 5.32. The lowest BCUT2D eigenvalue weighted by atomic mass is 9.82. The van der Waals surface area contributed by atoms with Gasteiger partial charge in [0.1, 0.15) is 0 Å². The Morgan fingerprint density at radius 1 is 1.14 bits per heavy atom. The Labute approximate surface area is 90.7 Å². The van der Waals surface area contributed by atoms with Gasteiger partial charge in [-0.2, -0.15) is 0 Å². The van der Waals surface area contributed by atoms with Gasteiger partial charge in [-0.05, 0) is 37.3 Å². The standard InChI is InChI=1S/C13H29N/c1-6-12(3)8-9-13(4,5)10-11-14-7-2/h12,14H,6-11H2,1-5H3/t12-/m1/s1. The summed E-state index contributed by atoms with van der Waals surface area (Å²) in [5.74, 6) is 0.897. The maximum absolute atomic E-state index is 3.41. The zero-order valence-corrected chi connectivity index (χ0v) is 10.8. The summed E-state index contributed by atoms with van der Waals surface area (Å²) in [4.78, 5) is 0. The van der Waals surface area contributed by atoms with Crippen LogP contribution in [0, 0.1) is 11.3 Å². The van der Waals surface area contributed by atoms with Crippen molar-refractivity contribution in [2.75, 3.05) is 13.1 Å². The summed E-state index contributed by atoms with van der Waals surface area (Å²) in [7, 11) is 0. The summed E-state index contributed by atoms with van der Waals surface area (Å²) in [5.41, 5.74) is 0.519. The Morgan fingerprint density at radius 3 is 2.29 bits per heavy atom. The van der Waals surface area contributed by atoms with Gasteiger partial charge >= 0.3 is 0 Å². The van der Waals surface area contributed by atoms with Gasteiger partial charge in [-0.25, -0.2) is 0 Å². The van der Waals surface area contributed by atoms with Gasteiger partial charge in [0.2, 0.25) is 0 Å². The van der Waals surface area contributed by atoms with Crippen LogP contribution in [0.15, 0.2) is 0 Å². The smallest absolute Gasteiger partial charge is 0.00439 e. The lowest BCUT2D eigenvalue weighted by Gasteiger charge is -2.26. The second kappa shape index (κ2) is 7.28. The molecule has 86 valence electrons. The summed E-state index contributed by atoms with van der Waals surface area (Å²) in [6.45, 7) is 13.9. The fraction of sp³-hybridized carbons (Fsp3) is 1.00. The summed E-state index contributed by atoms with van der Waals surface area (Å²) < 4.78 is 0. The first-order valence-electron chi connectivity index (χ1n) is 6.22. The Balaban J connectivity index is 3.60. The fourth-order valence-corrected chi connectivity index (χ4v) is 1.57. The molecule has 1 heteroatoms. The number of rotatable bonds is 8. The van der Waals surface area contributed by atoms with Gasteiger partial charge in [0, 0.05) is 0 Å². The van der Waals surface area contributed by atoms with Gasteiger partial charge in [0.05, 0.1) is 0 Å². The van der Waals surface area contributed by atoms with Gasteiger partial charge in [0.15, 0.2) is 0 Å². The van der Waals surface area contributed by atoms with Gasteiger partial charge in [-0.3, -0.25) is 0 Å². The average Bonchev–Trinajstić information content (AvgIpc) is 2.14. The number of hydrogen-bond acceptors (Lipinski definition) is 1. The van der Waals surface area contributed by atoms with Crippen LogP contribution in [-0.2, 0) is 0 Å². The highest BCUT2D eigenvalue weighted by Crippen LogP contribution is 2.28. The molecule has 0 rings (SSSR count). The van der Waals surface area contributed by atoms with E-state index in [-0.39, 0.29) is 0 Å². The Hall–Kier alpha value is -0.0400. The van der Waals surface area contributed by atoms with Crippen LogP contribution in [0.3, 0.4) is 0 Å². The first-order chi connectivity index (χ1) is 6.52. The molecule has 0 unspecified atom stereocenters. The van der Waals surface area contributed by atoms with Gasteiger partial charge in [-0.15, -0.1) is 0 Å². The Morgan fingerprint density at radius 2 is 1.79 bits per heavy atom. The molecule has 0 fully saturated rings. The molecule has 0 aromatic heterocycles. The quantitative estimate of drug-likeness (QED) is 0.586. The zero-order valence-electron chi connectivity index (χ0n) is 10.8. The SMILES string of the molecule is CCNCCC(C)(C)CC[C@H](C)CC. The molecule has 0 aliphatic carbocycles. The molecule has 1 N–H and O–H groups in total. The monoisotopic (exact) mass is 199 g/mol. The van der Waals surface area contributed by atoms with Crippen molar-refractivity contribution in [2.24, 2.45) is 11.3 Å². The predicted octanol–water partition coefficient (Wildman–Crippen LogP) is 3.84. The minimum absolute atomic E-state index is 0.519. The second-order valence-corrected chi connectivity index (χ2v) is 5.32. The van der Waals surface area contributed by atoms with Crippen LogP contribution in [0.1, 0.15) is 60.3 Å². The molecule has 0 aromatic rings. The van der Waals surface area contributed by atoms with E-state index in [0.29, 0.717) is 5.41 Å². The van der Waals surface area contributed by atoms with E-state index in [1.807, 2.05) is 0 Å². The number of nitrogens with one attached hydrogen (secondary N) is 1. The molecule has 0 saturated carbocycles. The van der Waals surface area contributed by atoms with Crippen LogP contribution >= 0.6 is 0 Å². The Bertz CT molecular complexity index is 129. The van der Waals surface area contributed by atoms with Crippen LogP contribution in [0.4, 0.5) is 0 Å². The van der Waals surface area contributed by atoms with E-state index in [0.717, 1.165) is 12.5 Å². The Kier molecular flexibility index (Phi) is 7.26. The van der Waals surface area contributed by atoms with Crippen LogP contribution in [0.2, 0.25) is 0 Å². The molecule has 0 aromatic carbocycles. The molecule has 0 spiro atoms. The minimum atomic E-state index is 0.519. The maximum atomic E-state index is 3.41. The molecular formula is C13H29N. The molecule has 0 amide bonds. The molecule has 1 nitrogen and oxygen atoms in total. The van der Waals surface area contributed by atoms with E-state index in [9.17, 15) is 0 Å². The van der Waals surface area contributed by atoms with Crippen LogP contribution in [-0.4, -0.2) is 13.1 Å². The van der Waals surface area contributed by atoms with Crippen LogP contribution in [0.5, 0.6) is 0 Å². The summed E-state index contributed by atoms with van der Waals surface area (Å²) in [5, 5.41) is 3.41. The zero-order chi connectivity index (χ0) is 11.0. The van der Waals surface area contributed by atoms with E-state index in [1.54, 1.807) is 0 Å². The molecule has 0 radical (unpaired) electrons. The van der Waals surface area contributed by atoms with Crippen molar-refractivity contribution in [2.45, 2.75) is 60.3 Å². The van der Waals surface area contributed by atoms with Crippen LogP contribution in [0.25, 0.3) is 0 Å². The lowest BCUT2D eigenvalue weighted by molar-refractivity contribution is 0.272. The van der Waals surface area contributed by atoms with E-state index in [2.05, 4.69) is 39.9 Å². The normalized spacial score (nSPS) is 14.4. The molecule has 0 saturated heterocycles. The van der Waals surface area contributed by atoms with Gasteiger partial charge in [-0.1, -0.05) is 47.5 Å². The average molecular weight is 199 g/mol. The third-order valence-electron chi connectivity index (χ3n) is 3.24. The van der Waals surface area contributed by atoms with Crippen LogP contribution < -0.4 is 5.32 Å². The highest BCUT2D eigenvalue weighted by molar-refractivity contribution is 4.70. The topological polar surface area (TPSA) is 12.0 Å². The van der Waals surface area contributed by atoms with E-state index in [4.69, 9.17) is 0 Å². The molecular weight excluding hydrogens is 170 g/mol. The molecule has 14 heavy (non-hydrogen) atoms. The van der Waals surface area contributed by atoms with Crippen molar-refractivity contribution in [3.63, 3.8) is 0 Å². The van der Waals surface area contributed by atoms with Crippen molar-refractivity contribution in [3.05, 3.63) is 0 Å². The number of hydrogen-bond donors (Lipinski definition) is 1. The largest absolute Gasteiger partial charge is 0.317 e. The summed E-state index contributed by atoms with van der Waals surface area (Å²) in [6.07, 6.45) is 5.38. The van der Waals surface area contributed by atoms with E-state index >= 15 is 0 Å². The van der Waals surface area contributed by atoms with Crippen molar-refractivity contribution < 1.29 is 0 Å². The highest BCUT2D eigenvalue weighted by Gasteiger charge is 2.17. The van der Waals surface area contributed by atoms with E-state index < -0.39 is 0 Å². The van der Waals surface area contributed by atoms with Gasteiger partial charge in [0.25, 0.3) is 0 Å². The minimum Gasteiger partial charge on any atom is -0.317 e. The summed E-state index contributed by atoms with van der Waals surface area (Å²) >= 11 is 0. The van der Waals surface area contributed by atoms with Gasteiger partial charge < -0.3 is 5.32 Å². The molecule has 0 aliphatic rings.